The number of aromatic nitrogens is 4. The van der Waals surface area contributed by atoms with E-state index in [0.717, 1.165) is 5.56 Å². The molecular weight excluding hydrogens is 630 g/mol. The van der Waals surface area contributed by atoms with Gasteiger partial charge >= 0.3 is 11.9 Å². The molecule has 6 rings (SSSR count). The van der Waals surface area contributed by atoms with Crippen LogP contribution in [0.2, 0.25) is 5.28 Å². The number of anilines is 1. The number of carboxylic acid groups (broad SMARTS) is 1. The van der Waals surface area contributed by atoms with Crippen LogP contribution in [0.3, 0.4) is 0 Å². The highest BCUT2D eigenvalue weighted by atomic mass is 35.5. The summed E-state index contributed by atoms with van der Waals surface area (Å²) >= 11 is 5.98. The van der Waals surface area contributed by atoms with E-state index in [2.05, 4.69) is 15.0 Å². The van der Waals surface area contributed by atoms with Gasteiger partial charge in [0.2, 0.25) is 5.28 Å². The average molecular weight is 660 g/mol. The lowest BCUT2D eigenvalue weighted by Gasteiger charge is -2.32. The zero-order valence-electron chi connectivity index (χ0n) is 24.9. The number of carbonyl (C=O) groups is 2. The number of nitrogen functional groups attached to an aromatic ring is 1. The van der Waals surface area contributed by atoms with Gasteiger partial charge in [-0.1, -0.05) is 72.8 Å². The molecule has 0 bridgehead atoms. The number of esters is 1. The van der Waals surface area contributed by atoms with Crippen molar-refractivity contribution < 1.29 is 39.1 Å². The van der Waals surface area contributed by atoms with Gasteiger partial charge in [0.1, 0.15) is 23.8 Å². The third kappa shape index (κ3) is 6.02. The maximum atomic E-state index is 13.1. The summed E-state index contributed by atoms with van der Waals surface area (Å²) in [6.45, 7) is -0.398. The first-order valence-corrected chi connectivity index (χ1v) is 14.9. The normalized spacial score (nSPS) is 20.6. The molecule has 1 saturated heterocycles. The Kier molecular flexibility index (Phi) is 8.90. The molecule has 0 spiro atoms. The first-order chi connectivity index (χ1) is 22.6. The minimum atomic E-state index is -1.91. The number of ether oxygens (including phenoxy) is 3. The van der Waals surface area contributed by atoms with Crippen LogP contribution in [0.1, 0.15) is 27.7 Å². The third-order valence-corrected chi connectivity index (χ3v) is 8.33. The summed E-state index contributed by atoms with van der Waals surface area (Å²) in [6, 6.07) is 22.6. The number of nitrogens with two attached hydrogens (primary N) is 1. The predicted octanol–water partition coefficient (Wildman–Crippen LogP) is 3.37. The quantitative estimate of drug-likeness (QED) is 0.126. The zero-order chi connectivity index (χ0) is 33.3. The Morgan fingerprint density at radius 2 is 1.70 bits per heavy atom. The second kappa shape index (κ2) is 13.1. The lowest BCUT2D eigenvalue weighted by molar-refractivity contribution is -0.176. The van der Waals surface area contributed by atoms with E-state index in [1.54, 1.807) is 72.8 Å². The van der Waals surface area contributed by atoms with E-state index in [0.29, 0.717) is 22.3 Å². The van der Waals surface area contributed by atoms with Crippen molar-refractivity contribution >= 4 is 40.5 Å². The number of methoxy groups -OCH3 is 1. The molecule has 0 amide bonds. The van der Waals surface area contributed by atoms with Gasteiger partial charge in [0.05, 0.1) is 25.6 Å². The van der Waals surface area contributed by atoms with Gasteiger partial charge in [0, 0.05) is 6.42 Å². The Bertz CT molecular complexity index is 1920. The predicted molar refractivity (Wildman–Crippen MR) is 169 cm³/mol. The average Bonchev–Trinajstić information content (AvgIpc) is 3.63. The third-order valence-electron chi connectivity index (χ3n) is 8.16. The van der Waals surface area contributed by atoms with E-state index in [1.165, 1.54) is 18.0 Å². The monoisotopic (exact) mass is 659 g/mol. The molecule has 1 aliphatic heterocycles. The van der Waals surface area contributed by atoms with Crippen molar-refractivity contribution in [2.75, 3.05) is 19.5 Å². The molecule has 1 aliphatic rings. The molecule has 0 radical (unpaired) electrons. The molecule has 3 heterocycles. The molecule has 0 saturated carbocycles. The minimum absolute atomic E-state index is 0.0291. The number of fused-ring (bicyclic) bond motifs is 1. The highest BCUT2D eigenvalue weighted by Crippen LogP contribution is 2.36. The lowest BCUT2D eigenvalue weighted by Crippen LogP contribution is -2.44. The number of aliphatic hydroxyl groups excluding tert-OH is 2. The SMILES string of the molecule is COC(=O)c1ccccc1-c1ccc(CC(OC[C@H]2O[C@@H](n3cnc4c(N)nc(Cl)nc43)[C@H](O)[C@@H]2O)(C(=O)O)c2ccccc2)cc1. The highest BCUT2D eigenvalue weighted by Gasteiger charge is 2.48. The van der Waals surface area contributed by atoms with Gasteiger partial charge in [-0.05, 0) is 39.9 Å². The molecule has 47 heavy (non-hydrogen) atoms. The number of imidazole rings is 1. The zero-order valence-corrected chi connectivity index (χ0v) is 25.7. The number of rotatable bonds is 10. The molecule has 5 N–H and O–H groups in total. The first kappa shape index (κ1) is 32.0. The maximum Gasteiger partial charge on any atom is 0.341 e. The lowest BCUT2D eigenvalue weighted by atomic mass is 9.86. The molecule has 0 aliphatic carbocycles. The van der Waals surface area contributed by atoms with Crippen LogP contribution in [0.25, 0.3) is 22.3 Å². The van der Waals surface area contributed by atoms with Crippen molar-refractivity contribution in [3.8, 4) is 11.1 Å². The molecule has 5 aromatic rings. The van der Waals surface area contributed by atoms with Crippen molar-refractivity contribution in [1.29, 1.82) is 0 Å². The summed E-state index contributed by atoms with van der Waals surface area (Å²) in [5.74, 6) is -1.71. The van der Waals surface area contributed by atoms with Crippen LogP contribution in [0, 0.1) is 0 Å². The van der Waals surface area contributed by atoms with Crippen LogP contribution in [0.4, 0.5) is 5.82 Å². The van der Waals surface area contributed by atoms with Crippen molar-refractivity contribution in [3.63, 3.8) is 0 Å². The van der Waals surface area contributed by atoms with Crippen LogP contribution in [0.15, 0.2) is 85.2 Å². The number of aliphatic carboxylic acids is 1. The highest BCUT2D eigenvalue weighted by molar-refractivity contribution is 6.28. The van der Waals surface area contributed by atoms with E-state index in [1.807, 2.05) is 6.07 Å². The molecule has 3 aromatic carbocycles. The van der Waals surface area contributed by atoms with Gasteiger partial charge in [0.15, 0.2) is 23.3 Å². The smallest absolute Gasteiger partial charge is 0.341 e. The Balaban J connectivity index is 1.28. The fourth-order valence-corrected chi connectivity index (χ4v) is 5.91. The van der Waals surface area contributed by atoms with Crippen LogP contribution >= 0.6 is 11.6 Å². The van der Waals surface area contributed by atoms with Gasteiger partial charge in [0.25, 0.3) is 0 Å². The van der Waals surface area contributed by atoms with E-state index in [4.69, 9.17) is 31.5 Å². The number of carboxylic acids is 1. The van der Waals surface area contributed by atoms with Crippen LogP contribution < -0.4 is 5.73 Å². The minimum Gasteiger partial charge on any atom is -0.479 e. The second-order valence-corrected chi connectivity index (χ2v) is 11.3. The van der Waals surface area contributed by atoms with Crippen molar-refractivity contribution in [3.05, 3.63) is 107 Å². The Hall–Kier alpha value is -4.92. The van der Waals surface area contributed by atoms with Crippen molar-refractivity contribution in [2.24, 2.45) is 0 Å². The van der Waals surface area contributed by atoms with Gasteiger partial charge in [-0.15, -0.1) is 0 Å². The maximum absolute atomic E-state index is 13.1. The standard InChI is InChI=1S/C33H30ClN5O8/c1-45-30(42)22-10-6-5-9-21(22)19-13-11-18(12-14-19)15-33(31(43)44,20-7-3-2-4-8-20)46-16-23-25(40)26(41)29(47-23)39-17-36-24-27(35)37-32(34)38-28(24)39/h2-14,17,23,25-26,29,40-41H,15-16H2,1H3,(H,43,44)(H2,35,37,38)/t23-,25-,26-,29-,33?/m1/s1. The van der Waals surface area contributed by atoms with Crippen LogP contribution in [-0.4, -0.2) is 78.8 Å². The number of aliphatic hydroxyl groups is 2. The van der Waals surface area contributed by atoms with Crippen LogP contribution in [0.5, 0.6) is 0 Å². The molecular formula is C33H30ClN5O8. The number of nitrogens with zero attached hydrogens (tertiary/aromatic N) is 4. The number of halogens is 1. The summed E-state index contributed by atoms with van der Waals surface area (Å²) in [6.07, 6.45) is -3.97. The molecule has 13 nitrogen and oxygen atoms in total. The molecule has 242 valence electrons. The Labute approximate surface area is 273 Å². The number of hydrogen-bond acceptors (Lipinski definition) is 11. The summed E-state index contributed by atoms with van der Waals surface area (Å²) < 4.78 is 18.5. The van der Waals surface area contributed by atoms with Crippen molar-refractivity contribution in [2.45, 2.75) is 36.6 Å². The largest absolute Gasteiger partial charge is 0.479 e. The molecule has 5 atom stereocenters. The number of benzene rings is 3. The van der Waals surface area contributed by atoms with E-state index in [9.17, 15) is 24.9 Å². The fraction of sp³-hybridized carbons (Fsp3) is 0.242. The van der Waals surface area contributed by atoms with E-state index in [-0.39, 0.29) is 28.7 Å². The Morgan fingerprint density at radius 3 is 2.40 bits per heavy atom. The van der Waals surface area contributed by atoms with Gasteiger partial charge in [-0.3, -0.25) is 4.57 Å². The molecule has 1 unspecified atom stereocenters. The van der Waals surface area contributed by atoms with Gasteiger partial charge < -0.3 is 35.3 Å². The first-order valence-electron chi connectivity index (χ1n) is 14.5. The van der Waals surface area contributed by atoms with E-state index < -0.39 is 48.7 Å². The summed E-state index contributed by atoms with van der Waals surface area (Å²) in [5, 5.41) is 32.5. The molecule has 14 heteroatoms. The second-order valence-electron chi connectivity index (χ2n) is 11.0. The Morgan fingerprint density at radius 1 is 1.00 bits per heavy atom. The fourth-order valence-electron chi connectivity index (χ4n) is 5.74. The van der Waals surface area contributed by atoms with Gasteiger partial charge in [-0.2, -0.15) is 9.97 Å². The summed E-state index contributed by atoms with van der Waals surface area (Å²) in [5.41, 5.74) is 7.19. The van der Waals surface area contributed by atoms with E-state index >= 15 is 0 Å². The summed E-state index contributed by atoms with van der Waals surface area (Å²) in [4.78, 5) is 37.6. The number of carbonyl (C=O) groups excluding carboxylic acids is 1. The van der Waals surface area contributed by atoms with Gasteiger partial charge in [-0.25, -0.2) is 14.6 Å². The molecule has 1 fully saturated rings. The molecule has 2 aromatic heterocycles. The topological polar surface area (TPSA) is 192 Å². The van der Waals surface area contributed by atoms with Crippen LogP contribution in [-0.2, 0) is 31.0 Å². The number of hydrogen-bond donors (Lipinski definition) is 4. The summed E-state index contributed by atoms with van der Waals surface area (Å²) in [7, 11) is 1.31. The van der Waals surface area contributed by atoms with Crippen molar-refractivity contribution in [1.82, 2.24) is 19.5 Å².